The molecule has 31 heavy (non-hydrogen) atoms. The van der Waals surface area contributed by atoms with E-state index in [-0.39, 0.29) is 5.65 Å². The van der Waals surface area contributed by atoms with Crippen LogP contribution in [0.2, 0.25) is 0 Å². The molecule has 1 aromatic carbocycles. The van der Waals surface area contributed by atoms with E-state index in [1.165, 1.54) is 12.1 Å². The molecular formula is C17H15F6N5O3. The lowest BCUT2D eigenvalue weighted by molar-refractivity contribution is -0.192. The highest BCUT2D eigenvalue weighted by molar-refractivity contribution is 5.88. The maximum atomic E-state index is 12.7. The number of nitrogen functional groups attached to an aromatic ring is 1. The third kappa shape index (κ3) is 5.73. The number of nitrogens with two attached hydrogens (primary N) is 1. The molecule has 0 aliphatic rings. The molecule has 0 saturated carbocycles. The molecule has 2 aromatic heterocycles. The van der Waals surface area contributed by atoms with Crippen molar-refractivity contribution in [2.75, 3.05) is 24.7 Å². The summed E-state index contributed by atoms with van der Waals surface area (Å²) in [5.74, 6) is -2.19. The minimum absolute atomic E-state index is 0.285. The minimum Gasteiger partial charge on any atom is -0.475 e. The molecule has 0 radical (unpaired) electrons. The highest BCUT2D eigenvalue weighted by Crippen LogP contribution is 2.32. The third-order valence-corrected chi connectivity index (χ3v) is 3.86. The van der Waals surface area contributed by atoms with Crippen LogP contribution in [0.25, 0.3) is 11.2 Å². The number of hydrogen-bond acceptors (Lipinski definition) is 7. The van der Waals surface area contributed by atoms with Gasteiger partial charge in [-0.15, -0.1) is 0 Å². The van der Waals surface area contributed by atoms with E-state index in [4.69, 9.17) is 15.6 Å². The van der Waals surface area contributed by atoms with Gasteiger partial charge in [-0.3, -0.25) is 0 Å². The van der Waals surface area contributed by atoms with Crippen molar-refractivity contribution >= 4 is 28.6 Å². The molecule has 0 aliphatic heterocycles. The second-order valence-corrected chi connectivity index (χ2v) is 6.33. The number of aliphatic carboxylic acids is 1. The summed E-state index contributed by atoms with van der Waals surface area (Å²) in [6.45, 7) is 0. The van der Waals surface area contributed by atoms with E-state index in [0.717, 1.165) is 12.1 Å². The lowest BCUT2D eigenvalue weighted by Crippen LogP contribution is -2.21. The van der Waals surface area contributed by atoms with E-state index >= 15 is 0 Å². The second-order valence-electron chi connectivity index (χ2n) is 6.33. The molecule has 0 aliphatic carbocycles. The summed E-state index contributed by atoms with van der Waals surface area (Å²) in [6, 6.07) is 4.94. The van der Waals surface area contributed by atoms with Crippen LogP contribution in [0.4, 0.5) is 37.8 Å². The van der Waals surface area contributed by atoms with Crippen molar-refractivity contribution in [3.63, 3.8) is 0 Å². The average molecular weight is 451 g/mol. The maximum absolute atomic E-state index is 12.7. The van der Waals surface area contributed by atoms with Crippen molar-refractivity contribution in [3.05, 3.63) is 41.0 Å². The standard InChI is InChI=1S/C15H14F3N5O.C2HF3O2/c1-23(2)14-10(11(19)12-13(20-14)22-24-21-12)7-8-3-5-9(6-4-8)15(16,17)18;3-2(4,5)1(6)7/h3-6H,7,19H2,1-2H3;(H,6,7). The van der Waals surface area contributed by atoms with E-state index in [9.17, 15) is 26.3 Å². The fourth-order valence-electron chi connectivity index (χ4n) is 2.42. The zero-order valence-corrected chi connectivity index (χ0v) is 15.9. The number of hydrogen-bond donors (Lipinski definition) is 2. The van der Waals surface area contributed by atoms with Gasteiger partial charge in [-0.2, -0.15) is 26.3 Å². The molecule has 0 fully saturated rings. The number of pyridine rings is 1. The summed E-state index contributed by atoms with van der Waals surface area (Å²) in [7, 11) is 3.58. The number of fused-ring (bicyclic) bond motifs is 1. The van der Waals surface area contributed by atoms with Crippen molar-refractivity contribution in [2.45, 2.75) is 18.8 Å². The van der Waals surface area contributed by atoms with Crippen LogP contribution in [0.1, 0.15) is 16.7 Å². The van der Waals surface area contributed by atoms with Gasteiger partial charge < -0.3 is 15.7 Å². The molecule has 3 aromatic rings. The van der Waals surface area contributed by atoms with E-state index in [1.807, 2.05) is 0 Å². The van der Waals surface area contributed by atoms with Crippen LogP contribution < -0.4 is 10.6 Å². The van der Waals surface area contributed by atoms with Gasteiger partial charge in [-0.05, 0) is 28.0 Å². The fourth-order valence-corrected chi connectivity index (χ4v) is 2.42. The topological polar surface area (TPSA) is 118 Å². The van der Waals surface area contributed by atoms with Gasteiger partial charge >= 0.3 is 18.3 Å². The molecule has 2 heterocycles. The van der Waals surface area contributed by atoms with Crippen molar-refractivity contribution in [3.8, 4) is 0 Å². The lowest BCUT2D eigenvalue weighted by atomic mass is 10.0. The van der Waals surface area contributed by atoms with Gasteiger partial charge in [-0.1, -0.05) is 12.1 Å². The summed E-state index contributed by atoms with van der Waals surface area (Å²) in [5.41, 5.74) is 7.75. The lowest BCUT2D eigenvalue weighted by Gasteiger charge is -2.18. The van der Waals surface area contributed by atoms with Gasteiger partial charge in [0.15, 0.2) is 5.52 Å². The Hall–Kier alpha value is -3.58. The molecule has 8 nitrogen and oxygen atoms in total. The summed E-state index contributed by atoms with van der Waals surface area (Å²) in [6.07, 6.45) is -9.13. The molecule has 0 saturated heterocycles. The average Bonchev–Trinajstić information content (AvgIpc) is 3.12. The van der Waals surface area contributed by atoms with Crippen molar-refractivity contribution in [1.82, 2.24) is 15.3 Å². The summed E-state index contributed by atoms with van der Waals surface area (Å²) >= 11 is 0. The normalized spacial score (nSPS) is 11.7. The minimum atomic E-state index is -5.08. The summed E-state index contributed by atoms with van der Waals surface area (Å²) in [4.78, 5) is 15.0. The Morgan fingerprint density at radius 1 is 1.10 bits per heavy atom. The Morgan fingerprint density at radius 2 is 1.65 bits per heavy atom. The second kappa shape index (κ2) is 8.65. The van der Waals surface area contributed by atoms with Crippen molar-refractivity contribution < 1.29 is 40.9 Å². The largest absolute Gasteiger partial charge is 0.490 e. The Labute approximate surface area is 170 Å². The maximum Gasteiger partial charge on any atom is 0.490 e. The highest BCUT2D eigenvalue weighted by Gasteiger charge is 2.38. The van der Waals surface area contributed by atoms with Gasteiger partial charge in [0.1, 0.15) is 5.82 Å². The molecule has 0 unspecified atom stereocenters. The summed E-state index contributed by atoms with van der Waals surface area (Å²) < 4.78 is 74.4. The van der Waals surface area contributed by atoms with Crippen LogP contribution in [0.15, 0.2) is 28.9 Å². The SMILES string of the molecule is CN(C)c1nc2nonc2c(N)c1Cc1ccc(C(F)(F)F)cc1.O=C(O)C(F)(F)F. The van der Waals surface area contributed by atoms with Crippen LogP contribution in [0.3, 0.4) is 0 Å². The first-order chi connectivity index (χ1) is 14.2. The number of halogens is 6. The van der Waals surface area contributed by atoms with E-state index in [0.29, 0.717) is 34.6 Å². The molecule has 0 bridgehead atoms. The predicted octanol–water partition coefficient (Wildman–Crippen LogP) is 3.51. The molecule has 168 valence electrons. The molecule has 0 amide bonds. The zero-order valence-electron chi connectivity index (χ0n) is 15.9. The van der Waals surface area contributed by atoms with Crippen molar-refractivity contribution in [2.24, 2.45) is 0 Å². The molecule has 3 rings (SSSR count). The monoisotopic (exact) mass is 451 g/mol. The molecule has 0 spiro atoms. The smallest absolute Gasteiger partial charge is 0.475 e. The molecular weight excluding hydrogens is 436 g/mol. The van der Waals surface area contributed by atoms with Gasteiger partial charge in [-0.25, -0.2) is 14.4 Å². The zero-order chi connectivity index (χ0) is 23.6. The van der Waals surface area contributed by atoms with Gasteiger partial charge in [0.25, 0.3) is 0 Å². The molecule has 3 N–H and O–H groups in total. The van der Waals surface area contributed by atoms with Crippen LogP contribution >= 0.6 is 0 Å². The number of aromatic nitrogens is 3. The van der Waals surface area contributed by atoms with Crippen molar-refractivity contribution in [1.29, 1.82) is 0 Å². The highest BCUT2D eigenvalue weighted by atomic mass is 19.4. The first-order valence-electron chi connectivity index (χ1n) is 8.26. The first kappa shape index (κ1) is 23.7. The quantitative estimate of drug-likeness (QED) is 0.581. The Kier molecular flexibility index (Phi) is 6.61. The van der Waals surface area contributed by atoms with Crippen LogP contribution in [-0.4, -0.2) is 46.6 Å². The predicted molar refractivity (Wildman–Crippen MR) is 96.3 cm³/mol. The third-order valence-electron chi connectivity index (χ3n) is 3.86. The van der Waals surface area contributed by atoms with Crippen LogP contribution in [-0.2, 0) is 17.4 Å². The number of benzene rings is 1. The van der Waals surface area contributed by atoms with E-state index in [1.54, 1.807) is 19.0 Å². The fraction of sp³-hybridized carbons (Fsp3) is 0.294. The number of rotatable bonds is 3. The molecule has 0 atom stereocenters. The number of nitrogens with zero attached hydrogens (tertiary/aromatic N) is 4. The Bertz CT molecular complexity index is 1060. The first-order valence-corrected chi connectivity index (χ1v) is 8.26. The van der Waals surface area contributed by atoms with Crippen LogP contribution in [0, 0.1) is 0 Å². The number of anilines is 2. The van der Waals surface area contributed by atoms with E-state index < -0.39 is 23.9 Å². The van der Waals surface area contributed by atoms with Crippen LogP contribution in [0.5, 0.6) is 0 Å². The van der Waals surface area contributed by atoms with Gasteiger partial charge in [0.2, 0.25) is 5.65 Å². The van der Waals surface area contributed by atoms with E-state index in [2.05, 4.69) is 19.9 Å². The number of carboxylic acids is 1. The Morgan fingerprint density at radius 3 is 2.10 bits per heavy atom. The molecule has 14 heteroatoms. The number of carbonyl (C=O) groups is 1. The van der Waals surface area contributed by atoms with Gasteiger partial charge in [0.05, 0.1) is 11.3 Å². The number of alkyl halides is 6. The Balaban J connectivity index is 0.000000423. The van der Waals surface area contributed by atoms with Gasteiger partial charge in [0, 0.05) is 26.1 Å². The number of carboxylic acid groups (broad SMARTS) is 1. The summed E-state index contributed by atoms with van der Waals surface area (Å²) in [5, 5.41) is 14.5.